The molecule has 0 spiro atoms. The Hall–Kier alpha value is -1.81. The Morgan fingerprint density at radius 3 is 2.48 bits per heavy atom. The van der Waals surface area contributed by atoms with Crippen LogP contribution in [0.5, 0.6) is 0 Å². The number of carbonyl (C=O) groups is 1. The first-order chi connectivity index (χ1) is 10.1. The van der Waals surface area contributed by atoms with Gasteiger partial charge >= 0.3 is 0 Å². The highest BCUT2D eigenvalue weighted by atomic mass is 16.2. The van der Waals surface area contributed by atoms with E-state index in [2.05, 4.69) is 52.9 Å². The average Bonchev–Trinajstić information content (AvgIpc) is 2.53. The largest absolute Gasteiger partial charge is 0.369 e. The van der Waals surface area contributed by atoms with Gasteiger partial charge in [-0.1, -0.05) is 23.8 Å². The Balaban J connectivity index is 1.86. The lowest BCUT2D eigenvalue weighted by atomic mass is 10.1. The third-order valence-corrected chi connectivity index (χ3v) is 4.06. The summed E-state index contributed by atoms with van der Waals surface area (Å²) in [5.74, 6) is 0.0821. The van der Waals surface area contributed by atoms with E-state index in [9.17, 15) is 4.79 Å². The fourth-order valence-corrected chi connectivity index (χ4v) is 2.61. The van der Waals surface area contributed by atoms with Crippen molar-refractivity contribution in [3.63, 3.8) is 0 Å². The van der Waals surface area contributed by atoms with Gasteiger partial charge in [-0.2, -0.15) is 0 Å². The number of benzene rings is 1. The number of carbonyl (C=O) groups excluding carboxylic acids is 1. The minimum absolute atomic E-state index is 0.0786. The van der Waals surface area contributed by atoms with Crippen molar-refractivity contribution in [2.24, 2.45) is 0 Å². The van der Waals surface area contributed by atoms with E-state index in [4.69, 9.17) is 0 Å². The number of amides is 1. The summed E-state index contributed by atoms with van der Waals surface area (Å²) in [6.45, 7) is 12.0. The standard InChI is InChI=1S/C17H25N3O/c1-4-9-18-17(21)15(3)19-10-12-20(13-11-19)16-7-5-14(2)6-8-16/h4-8,15H,1,9-13H2,2-3H3,(H,18,21)/t15-/m0/s1. The SMILES string of the molecule is C=CCNC(=O)[C@H](C)N1CCN(c2ccc(C)cc2)CC1. The third kappa shape index (κ3) is 4.08. The summed E-state index contributed by atoms with van der Waals surface area (Å²) in [5, 5.41) is 2.87. The van der Waals surface area contributed by atoms with Gasteiger partial charge in [-0.05, 0) is 26.0 Å². The van der Waals surface area contributed by atoms with E-state index in [-0.39, 0.29) is 11.9 Å². The molecule has 1 aliphatic rings. The number of aryl methyl sites for hydroxylation is 1. The molecule has 1 saturated heterocycles. The molecule has 21 heavy (non-hydrogen) atoms. The van der Waals surface area contributed by atoms with Crippen LogP contribution in [0, 0.1) is 6.92 Å². The van der Waals surface area contributed by atoms with Crippen LogP contribution >= 0.6 is 0 Å². The molecular formula is C17H25N3O. The van der Waals surface area contributed by atoms with Crippen molar-refractivity contribution >= 4 is 11.6 Å². The van der Waals surface area contributed by atoms with Gasteiger partial charge in [0.2, 0.25) is 5.91 Å². The molecule has 0 aromatic heterocycles. The Morgan fingerprint density at radius 2 is 1.90 bits per heavy atom. The van der Waals surface area contributed by atoms with Gasteiger partial charge in [0, 0.05) is 38.4 Å². The predicted molar refractivity (Wildman–Crippen MR) is 87.6 cm³/mol. The minimum Gasteiger partial charge on any atom is -0.369 e. The van der Waals surface area contributed by atoms with E-state index in [1.54, 1.807) is 6.08 Å². The number of nitrogens with one attached hydrogen (secondary N) is 1. The summed E-state index contributed by atoms with van der Waals surface area (Å²) < 4.78 is 0. The molecule has 1 aromatic rings. The number of hydrogen-bond acceptors (Lipinski definition) is 3. The molecule has 4 heteroatoms. The highest BCUT2D eigenvalue weighted by Crippen LogP contribution is 2.17. The molecule has 1 fully saturated rings. The average molecular weight is 287 g/mol. The molecule has 0 aliphatic carbocycles. The Kier molecular flexibility index (Phi) is 5.39. The number of anilines is 1. The molecule has 1 atom stereocenters. The van der Waals surface area contributed by atoms with Crippen LogP contribution in [-0.2, 0) is 4.79 Å². The van der Waals surface area contributed by atoms with Crippen LogP contribution in [0.25, 0.3) is 0 Å². The van der Waals surface area contributed by atoms with E-state index >= 15 is 0 Å². The highest BCUT2D eigenvalue weighted by molar-refractivity contribution is 5.81. The second-order valence-electron chi connectivity index (χ2n) is 5.57. The van der Waals surface area contributed by atoms with Crippen molar-refractivity contribution in [1.82, 2.24) is 10.2 Å². The second kappa shape index (κ2) is 7.27. The first-order valence-electron chi connectivity index (χ1n) is 7.56. The molecule has 1 amide bonds. The molecule has 1 heterocycles. The number of nitrogens with zero attached hydrogens (tertiary/aromatic N) is 2. The van der Waals surface area contributed by atoms with Crippen LogP contribution in [0.1, 0.15) is 12.5 Å². The lowest BCUT2D eigenvalue weighted by molar-refractivity contribution is -0.125. The van der Waals surface area contributed by atoms with Crippen LogP contribution in [-0.4, -0.2) is 49.6 Å². The molecule has 0 unspecified atom stereocenters. The number of hydrogen-bond donors (Lipinski definition) is 1. The molecule has 0 radical (unpaired) electrons. The first kappa shape index (κ1) is 15.6. The van der Waals surface area contributed by atoms with Gasteiger partial charge in [-0.15, -0.1) is 6.58 Å². The van der Waals surface area contributed by atoms with Gasteiger partial charge in [0.25, 0.3) is 0 Å². The molecule has 114 valence electrons. The zero-order valence-corrected chi connectivity index (χ0v) is 13.0. The zero-order valence-electron chi connectivity index (χ0n) is 13.0. The number of rotatable bonds is 5. The first-order valence-corrected chi connectivity index (χ1v) is 7.56. The maximum Gasteiger partial charge on any atom is 0.237 e. The zero-order chi connectivity index (χ0) is 15.2. The van der Waals surface area contributed by atoms with E-state index in [0.717, 1.165) is 26.2 Å². The van der Waals surface area contributed by atoms with Crippen LogP contribution in [0.15, 0.2) is 36.9 Å². The number of piperazine rings is 1. The van der Waals surface area contributed by atoms with Gasteiger partial charge < -0.3 is 10.2 Å². The van der Waals surface area contributed by atoms with Crippen LogP contribution in [0.3, 0.4) is 0 Å². The molecule has 1 aliphatic heterocycles. The quantitative estimate of drug-likeness (QED) is 0.839. The van der Waals surface area contributed by atoms with E-state index in [0.29, 0.717) is 6.54 Å². The van der Waals surface area contributed by atoms with Gasteiger partial charge in [0.1, 0.15) is 0 Å². The molecule has 4 nitrogen and oxygen atoms in total. The van der Waals surface area contributed by atoms with E-state index in [1.165, 1.54) is 11.3 Å². The van der Waals surface area contributed by atoms with Crippen molar-refractivity contribution < 1.29 is 4.79 Å². The Labute approximate surface area is 127 Å². The maximum atomic E-state index is 12.0. The lowest BCUT2D eigenvalue weighted by Crippen LogP contribution is -2.54. The fraction of sp³-hybridized carbons (Fsp3) is 0.471. The van der Waals surface area contributed by atoms with E-state index in [1.807, 2.05) is 6.92 Å². The maximum absolute atomic E-state index is 12.0. The molecule has 0 bridgehead atoms. The topological polar surface area (TPSA) is 35.6 Å². The Morgan fingerprint density at radius 1 is 1.29 bits per heavy atom. The molecular weight excluding hydrogens is 262 g/mol. The van der Waals surface area contributed by atoms with Crippen LogP contribution in [0.4, 0.5) is 5.69 Å². The lowest BCUT2D eigenvalue weighted by Gasteiger charge is -2.38. The van der Waals surface area contributed by atoms with Crippen molar-refractivity contribution in [2.45, 2.75) is 19.9 Å². The predicted octanol–water partition coefficient (Wildman–Crippen LogP) is 1.81. The summed E-state index contributed by atoms with van der Waals surface area (Å²) >= 11 is 0. The minimum atomic E-state index is -0.0786. The van der Waals surface area contributed by atoms with Crippen LogP contribution in [0.2, 0.25) is 0 Å². The summed E-state index contributed by atoms with van der Waals surface area (Å²) in [4.78, 5) is 16.6. The third-order valence-electron chi connectivity index (χ3n) is 4.06. The van der Waals surface area contributed by atoms with Crippen molar-refractivity contribution in [3.05, 3.63) is 42.5 Å². The van der Waals surface area contributed by atoms with Gasteiger partial charge in [-0.25, -0.2) is 0 Å². The Bertz CT molecular complexity index is 475. The summed E-state index contributed by atoms with van der Waals surface area (Å²) in [6, 6.07) is 8.56. The van der Waals surface area contributed by atoms with Crippen molar-refractivity contribution in [2.75, 3.05) is 37.6 Å². The monoisotopic (exact) mass is 287 g/mol. The normalized spacial score (nSPS) is 17.3. The molecule has 1 N–H and O–H groups in total. The summed E-state index contributed by atoms with van der Waals surface area (Å²) in [7, 11) is 0. The summed E-state index contributed by atoms with van der Waals surface area (Å²) in [5.41, 5.74) is 2.55. The summed E-state index contributed by atoms with van der Waals surface area (Å²) in [6.07, 6.45) is 1.71. The molecule has 0 saturated carbocycles. The second-order valence-corrected chi connectivity index (χ2v) is 5.57. The molecule has 2 rings (SSSR count). The molecule has 1 aromatic carbocycles. The smallest absolute Gasteiger partial charge is 0.237 e. The van der Waals surface area contributed by atoms with Crippen molar-refractivity contribution in [1.29, 1.82) is 0 Å². The van der Waals surface area contributed by atoms with Gasteiger partial charge in [-0.3, -0.25) is 9.69 Å². The fourth-order valence-electron chi connectivity index (χ4n) is 2.61. The van der Waals surface area contributed by atoms with E-state index < -0.39 is 0 Å². The van der Waals surface area contributed by atoms with Gasteiger partial charge in [0.15, 0.2) is 0 Å². The van der Waals surface area contributed by atoms with Crippen LogP contribution < -0.4 is 10.2 Å². The highest BCUT2D eigenvalue weighted by Gasteiger charge is 2.25. The van der Waals surface area contributed by atoms with Crippen molar-refractivity contribution in [3.8, 4) is 0 Å². The van der Waals surface area contributed by atoms with Gasteiger partial charge in [0.05, 0.1) is 6.04 Å².